The minimum Gasteiger partial charge on any atom is -0.493 e. The normalized spacial score (nSPS) is 12.2. The van der Waals surface area contributed by atoms with Crippen LogP contribution in [0, 0.1) is 0 Å². The van der Waals surface area contributed by atoms with Crippen molar-refractivity contribution >= 4 is 0 Å². The molecular formula is C13H16N2O3. The van der Waals surface area contributed by atoms with Gasteiger partial charge in [0.25, 0.3) is 0 Å². The van der Waals surface area contributed by atoms with Crippen LogP contribution in [0.25, 0.3) is 0 Å². The molecule has 0 amide bonds. The lowest BCUT2D eigenvalue weighted by atomic mass is 10.0. The van der Waals surface area contributed by atoms with E-state index in [1.807, 2.05) is 6.07 Å². The van der Waals surface area contributed by atoms with E-state index in [0.717, 1.165) is 0 Å². The molecule has 1 heterocycles. The van der Waals surface area contributed by atoms with Gasteiger partial charge in [0.1, 0.15) is 6.10 Å². The number of para-hydroxylation sites is 1. The van der Waals surface area contributed by atoms with Gasteiger partial charge in [0, 0.05) is 24.4 Å². The molecule has 18 heavy (non-hydrogen) atoms. The van der Waals surface area contributed by atoms with E-state index in [2.05, 4.69) is 5.10 Å². The van der Waals surface area contributed by atoms with Crippen molar-refractivity contribution in [3.63, 3.8) is 0 Å². The summed E-state index contributed by atoms with van der Waals surface area (Å²) in [6.07, 6.45) is 2.61. The molecular weight excluding hydrogens is 232 g/mol. The van der Waals surface area contributed by atoms with Crippen molar-refractivity contribution in [2.45, 2.75) is 6.10 Å². The minimum atomic E-state index is -0.788. The molecule has 0 fully saturated rings. The van der Waals surface area contributed by atoms with Crippen molar-refractivity contribution in [1.29, 1.82) is 0 Å². The standard InChI is InChI=1S/C13H16N2O3/c1-15-8-9(7-14-15)12(16)10-5-4-6-11(17-2)13(10)18-3/h4-8,12,16H,1-3H3. The maximum atomic E-state index is 10.3. The van der Waals surface area contributed by atoms with Crippen LogP contribution in [-0.2, 0) is 7.05 Å². The number of benzene rings is 1. The molecule has 0 saturated heterocycles. The van der Waals surface area contributed by atoms with Crippen LogP contribution < -0.4 is 9.47 Å². The van der Waals surface area contributed by atoms with E-state index >= 15 is 0 Å². The lowest BCUT2D eigenvalue weighted by molar-refractivity contribution is 0.213. The Morgan fingerprint density at radius 2 is 2.06 bits per heavy atom. The zero-order valence-electron chi connectivity index (χ0n) is 10.6. The molecule has 0 radical (unpaired) electrons. The number of aromatic nitrogens is 2. The number of aliphatic hydroxyl groups is 1. The molecule has 0 spiro atoms. The lowest BCUT2D eigenvalue weighted by Gasteiger charge is -2.16. The lowest BCUT2D eigenvalue weighted by Crippen LogP contribution is -2.03. The quantitative estimate of drug-likeness (QED) is 0.891. The van der Waals surface area contributed by atoms with Gasteiger partial charge < -0.3 is 14.6 Å². The Bertz CT molecular complexity index is 537. The van der Waals surface area contributed by atoms with Gasteiger partial charge >= 0.3 is 0 Å². The third kappa shape index (κ3) is 2.17. The molecule has 5 nitrogen and oxygen atoms in total. The smallest absolute Gasteiger partial charge is 0.166 e. The van der Waals surface area contributed by atoms with Gasteiger partial charge in [0.2, 0.25) is 0 Å². The molecule has 2 rings (SSSR count). The number of aryl methyl sites for hydroxylation is 1. The van der Waals surface area contributed by atoms with Gasteiger partial charge in [-0.1, -0.05) is 12.1 Å². The number of rotatable bonds is 4. The molecule has 0 aliphatic heterocycles. The monoisotopic (exact) mass is 248 g/mol. The van der Waals surface area contributed by atoms with Gasteiger partial charge in [-0.2, -0.15) is 5.10 Å². The van der Waals surface area contributed by atoms with Gasteiger partial charge in [-0.25, -0.2) is 0 Å². The number of aliphatic hydroxyl groups excluding tert-OH is 1. The van der Waals surface area contributed by atoms with Gasteiger partial charge in [-0.3, -0.25) is 4.68 Å². The Morgan fingerprint density at radius 3 is 2.61 bits per heavy atom. The first kappa shape index (κ1) is 12.4. The Morgan fingerprint density at radius 1 is 1.28 bits per heavy atom. The van der Waals surface area contributed by atoms with Gasteiger partial charge in [-0.15, -0.1) is 0 Å². The number of methoxy groups -OCH3 is 2. The number of ether oxygens (including phenoxy) is 2. The first-order valence-electron chi connectivity index (χ1n) is 5.55. The summed E-state index contributed by atoms with van der Waals surface area (Å²) in [6.45, 7) is 0. The highest BCUT2D eigenvalue weighted by atomic mass is 16.5. The van der Waals surface area contributed by atoms with Crippen molar-refractivity contribution in [1.82, 2.24) is 9.78 Å². The third-order valence-corrected chi connectivity index (χ3v) is 2.77. The van der Waals surface area contributed by atoms with Crippen LogP contribution in [0.5, 0.6) is 11.5 Å². The van der Waals surface area contributed by atoms with Crippen LogP contribution in [0.4, 0.5) is 0 Å². The highest BCUT2D eigenvalue weighted by molar-refractivity contribution is 5.49. The predicted octanol–water partition coefficient (Wildman–Crippen LogP) is 1.52. The zero-order valence-corrected chi connectivity index (χ0v) is 10.6. The molecule has 1 unspecified atom stereocenters. The maximum Gasteiger partial charge on any atom is 0.166 e. The number of hydrogen-bond donors (Lipinski definition) is 1. The largest absolute Gasteiger partial charge is 0.493 e. The molecule has 0 saturated carbocycles. The van der Waals surface area contributed by atoms with Crippen LogP contribution in [0.2, 0.25) is 0 Å². The van der Waals surface area contributed by atoms with Gasteiger partial charge in [0.15, 0.2) is 11.5 Å². The molecule has 1 aromatic carbocycles. The van der Waals surface area contributed by atoms with E-state index in [1.165, 1.54) is 0 Å². The highest BCUT2D eigenvalue weighted by Gasteiger charge is 2.19. The van der Waals surface area contributed by atoms with Crippen molar-refractivity contribution < 1.29 is 14.6 Å². The second-order valence-electron chi connectivity index (χ2n) is 3.93. The molecule has 0 aliphatic carbocycles. The summed E-state index contributed by atoms with van der Waals surface area (Å²) in [5, 5.41) is 14.4. The summed E-state index contributed by atoms with van der Waals surface area (Å²) in [4.78, 5) is 0. The maximum absolute atomic E-state index is 10.3. The second kappa shape index (κ2) is 5.10. The van der Waals surface area contributed by atoms with Crippen LogP contribution in [-0.4, -0.2) is 29.1 Å². The summed E-state index contributed by atoms with van der Waals surface area (Å²) in [5.74, 6) is 1.13. The summed E-state index contributed by atoms with van der Waals surface area (Å²) in [6, 6.07) is 5.41. The Kier molecular flexibility index (Phi) is 3.53. The summed E-state index contributed by atoms with van der Waals surface area (Å²) >= 11 is 0. The molecule has 0 aliphatic rings. The van der Waals surface area contributed by atoms with Crippen LogP contribution in [0.1, 0.15) is 17.2 Å². The molecule has 5 heteroatoms. The van der Waals surface area contributed by atoms with Crippen LogP contribution in [0.15, 0.2) is 30.6 Å². The molecule has 1 atom stereocenters. The summed E-state index contributed by atoms with van der Waals surface area (Å²) in [5.41, 5.74) is 1.37. The predicted molar refractivity (Wildman–Crippen MR) is 66.8 cm³/mol. The van der Waals surface area contributed by atoms with Crippen molar-refractivity contribution in [3.05, 3.63) is 41.7 Å². The summed E-state index contributed by atoms with van der Waals surface area (Å²) < 4.78 is 12.2. The van der Waals surface area contributed by atoms with Crippen LogP contribution >= 0.6 is 0 Å². The van der Waals surface area contributed by atoms with E-state index in [4.69, 9.17) is 9.47 Å². The first-order chi connectivity index (χ1) is 8.67. The first-order valence-corrected chi connectivity index (χ1v) is 5.55. The van der Waals surface area contributed by atoms with E-state index in [9.17, 15) is 5.11 Å². The highest BCUT2D eigenvalue weighted by Crippen LogP contribution is 2.36. The molecule has 2 aromatic rings. The van der Waals surface area contributed by atoms with Crippen LogP contribution in [0.3, 0.4) is 0 Å². The SMILES string of the molecule is COc1cccc(C(O)c2cnn(C)c2)c1OC. The fraction of sp³-hybridized carbons (Fsp3) is 0.308. The third-order valence-electron chi connectivity index (χ3n) is 2.77. The van der Waals surface area contributed by atoms with Crippen molar-refractivity contribution in [2.24, 2.45) is 7.05 Å². The Hall–Kier alpha value is -2.01. The van der Waals surface area contributed by atoms with Crippen molar-refractivity contribution in [3.8, 4) is 11.5 Å². The van der Waals surface area contributed by atoms with Gasteiger partial charge in [-0.05, 0) is 6.07 Å². The fourth-order valence-electron chi connectivity index (χ4n) is 1.89. The Labute approximate surface area is 106 Å². The minimum absolute atomic E-state index is 0.538. The summed E-state index contributed by atoms with van der Waals surface area (Å²) in [7, 11) is 4.93. The van der Waals surface area contributed by atoms with Gasteiger partial charge in [0.05, 0.1) is 20.4 Å². The molecule has 96 valence electrons. The average Bonchev–Trinajstić information content (AvgIpc) is 2.83. The average molecular weight is 248 g/mol. The second-order valence-corrected chi connectivity index (χ2v) is 3.93. The van der Waals surface area contributed by atoms with E-state index < -0.39 is 6.10 Å². The topological polar surface area (TPSA) is 56.5 Å². The van der Waals surface area contributed by atoms with E-state index in [-0.39, 0.29) is 0 Å². The molecule has 1 aromatic heterocycles. The Balaban J connectivity index is 2.44. The van der Waals surface area contributed by atoms with Crippen molar-refractivity contribution in [2.75, 3.05) is 14.2 Å². The molecule has 0 bridgehead atoms. The number of nitrogens with zero attached hydrogens (tertiary/aromatic N) is 2. The zero-order chi connectivity index (χ0) is 13.1. The van der Waals surface area contributed by atoms with E-state index in [1.54, 1.807) is 50.5 Å². The molecule has 1 N–H and O–H groups in total. The van der Waals surface area contributed by atoms with E-state index in [0.29, 0.717) is 22.6 Å². The number of hydrogen-bond acceptors (Lipinski definition) is 4. The fourth-order valence-corrected chi connectivity index (χ4v) is 1.89.